The molecule has 0 aliphatic heterocycles. The number of nitrogens with one attached hydrogen (secondary N) is 3. The first-order chi connectivity index (χ1) is 12.3. The van der Waals surface area contributed by atoms with Crippen LogP contribution in [-0.4, -0.2) is 51.6 Å². The van der Waals surface area contributed by atoms with E-state index in [9.17, 15) is 9.59 Å². The SMILES string of the molecule is C=C(C)C(=O)OCCNCOCNCCNC(=O)C(C)(CCC)C(C)C. The molecule has 7 heteroatoms. The van der Waals surface area contributed by atoms with Gasteiger partial charge in [-0.2, -0.15) is 0 Å². The highest BCUT2D eigenvalue weighted by molar-refractivity contribution is 5.86. The Kier molecular flexibility index (Phi) is 13.0. The van der Waals surface area contributed by atoms with Crippen molar-refractivity contribution in [1.29, 1.82) is 0 Å². The number of carbonyl (C=O) groups excluding carboxylic acids is 2. The zero-order valence-electron chi connectivity index (χ0n) is 17.1. The summed E-state index contributed by atoms with van der Waals surface area (Å²) >= 11 is 0. The van der Waals surface area contributed by atoms with Gasteiger partial charge in [0.1, 0.15) is 6.61 Å². The molecule has 1 unspecified atom stereocenters. The molecule has 1 amide bonds. The van der Waals surface area contributed by atoms with Crippen LogP contribution in [0.15, 0.2) is 12.2 Å². The lowest BCUT2D eigenvalue weighted by molar-refractivity contribution is -0.138. The van der Waals surface area contributed by atoms with E-state index >= 15 is 0 Å². The summed E-state index contributed by atoms with van der Waals surface area (Å²) in [5.41, 5.74) is 0.0731. The normalized spacial score (nSPS) is 13.3. The highest BCUT2D eigenvalue weighted by Crippen LogP contribution is 2.32. The molecular weight excluding hydrogens is 334 g/mol. The number of hydrogen-bond donors (Lipinski definition) is 3. The van der Waals surface area contributed by atoms with Gasteiger partial charge in [0, 0.05) is 30.6 Å². The highest BCUT2D eigenvalue weighted by Gasteiger charge is 2.35. The van der Waals surface area contributed by atoms with E-state index in [-0.39, 0.29) is 23.9 Å². The minimum absolute atomic E-state index is 0.114. The first kappa shape index (κ1) is 24.6. The molecular formula is C19H37N3O4. The molecule has 0 saturated carbocycles. The summed E-state index contributed by atoms with van der Waals surface area (Å²) in [5.74, 6) is 0.0338. The Morgan fingerprint density at radius 1 is 1.12 bits per heavy atom. The molecule has 0 heterocycles. The number of carbonyl (C=O) groups is 2. The molecule has 7 nitrogen and oxygen atoms in total. The molecule has 26 heavy (non-hydrogen) atoms. The van der Waals surface area contributed by atoms with Crippen molar-refractivity contribution in [3.8, 4) is 0 Å². The lowest BCUT2D eigenvalue weighted by Crippen LogP contribution is -2.44. The van der Waals surface area contributed by atoms with Crippen LogP contribution in [0, 0.1) is 11.3 Å². The number of amides is 1. The van der Waals surface area contributed by atoms with E-state index in [1.54, 1.807) is 6.92 Å². The van der Waals surface area contributed by atoms with Gasteiger partial charge in [-0.25, -0.2) is 4.79 Å². The fraction of sp³-hybridized carbons (Fsp3) is 0.789. The van der Waals surface area contributed by atoms with Crippen LogP contribution in [0.4, 0.5) is 0 Å². The monoisotopic (exact) mass is 371 g/mol. The molecule has 0 aromatic heterocycles. The van der Waals surface area contributed by atoms with Gasteiger partial charge in [-0.1, -0.05) is 40.7 Å². The van der Waals surface area contributed by atoms with E-state index in [1.807, 2.05) is 6.92 Å². The zero-order valence-corrected chi connectivity index (χ0v) is 17.1. The number of hydrogen-bond acceptors (Lipinski definition) is 6. The maximum absolute atomic E-state index is 12.4. The summed E-state index contributed by atoms with van der Waals surface area (Å²) in [6, 6.07) is 0. The second kappa shape index (κ2) is 13.7. The number of esters is 1. The van der Waals surface area contributed by atoms with Crippen molar-refractivity contribution in [3.05, 3.63) is 12.2 Å². The minimum Gasteiger partial charge on any atom is -0.461 e. The second-order valence-electron chi connectivity index (χ2n) is 6.99. The molecule has 0 aliphatic carbocycles. The lowest BCUT2D eigenvalue weighted by atomic mass is 9.75. The molecule has 3 N–H and O–H groups in total. The molecule has 0 aliphatic rings. The maximum atomic E-state index is 12.4. The number of rotatable bonds is 15. The van der Waals surface area contributed by atoms with Crippen LogP contribution in [0.5, 0.6) is 0 Å². The molecule has 0 rings (SSSR count). The van der Waals surface area contributed by atoms with Crippen molar-refractivity contribution in [2.45, 2.75) is 47.5 Å². The molecule has 152 valence electrons. The summed E-state index contributed by atoms with van der Waals surface area (Å²) in [6.07, 6.45) is 1.88. The third-order valence-corrected chi connectivity index (χ3v) is 4.42. The average Bonchev–Trinajstić information content (AvgIpc) is 2.58. The Balaban J connectivity index is 3.63. The van der Waals surface area contributed by atoms with E-state index in [0.29, 0.717) is 44.6 Å². The lowest BCUT2D eigenvalue weighted by Gasteiger charge is -2.32. The predicted molar refractivity (Wildman–Crippen MR) is 103 cm³/mol. The minimum atomic E-state index is -0.385. The van der Waals surface area contributed by atoms with E-state index in [4.69, 9.17) is 9.47 Å². The van der Waals surface area contributed by atoms with Gasteiger partial charge in [0.2, 0.25) is 5.91 Å². The summed E-state index contributed by atoms with van der Waals surface area (Å²) < 4.78 is 10.3. The Labute approximate surface area is 158 Å². The molecule has 0 aromatic rings. The quantitative estimate of drug-likeness (QED) is 0.176. The zero-order chi connectivity index (χ0) is 20.0. The number of ether oxygens (including phenoxy) is 2. The van der Waals surface area contributed by atoms with E-state index < -0.39 is 0 Å². The van der Waals surface area contributed by atoms with Crippen molar-refractivity contribution in [1.82, 2.24) is 16.0 Å². The largest absolute Gasteiger partial charge is 0.461 e. The van der Waals surface area contributed by atoms with Crippen LogP contribution in [-0.2, 0) is 19.1 Å². The smallest absolute Gasteiger partial charge is 0.333 e. The van der Waals surface area contributed by atoms with Crippen molar-refractivity contribution in [2.75, 3.05) is 39.7 Å². The Morgan fingerprint density at radius 3 is 2.27 bits per heavy atom. The van der Waals surface area contributed by atoms with Gasteiger partial charge in [0.25, 0.3) is 0 Å². The van der Waals surface area contributed by atoms with Gasteiger partial charge in [0.05, 0.1) is 13.5 Å². The Bertz CT molecular complexity index is 441. The van der Waals surface area contributed by atoms with Gasteiger partial charge in [0.15, 0.2) is 0 Å². The van der Waals surface area contributed by atoms with E-state index in [0.717, 1.165) is 12.8 Å². The first-order valence-electron chi connectivity index (χ1n) is 9.35. The Hall–Kier alpha value is -1.44. The predicted octanol–water partition coefficient (Wildman–Crippen LogP) is 1.80. The average molecular weight is 372 g/mol. The summed E-state index contributed by atoms with van der Waals surface area (Å²) in [4.78, 5) is 23.5. The second-order valence-corrected chi connectivity index (χ2v) is 6.99. The van der Waals surface area contributed by atoms with Crippen molar-refractivity contribution in [3.63, 3.8) is 0 Å². The third kappa shape index (κ3) is 9.89. The molecule has 0 saturated heterocycles. The van der Waals surface area contributed by atoms with Gasteiger partial charge < -0.3 is 14.8 Å². The summed E-state index contributed by atoms with van der Waals surface area (Å²) in [6.45, 7) is 16.2. The maximum Gasteiger partial charge on any atom is 0.333 e. The summed E-state index contributed by atoms with van der Waals surface area (Å²) in [5, 5.41) is 9.10. The van der Waals surface area contributed by atoms with Gasteiger partial charge in [-0.3, -0.25) is 15.4 Å². The fourth-order valence-electron chi connectivity index (χ4n) is 2.33. The molecule has 0 bridgehead atoms. The van der Waals surface area contributed by atoms with Crippen LogP contribution < -0.4 is 16.0 Å². The molecule has 0 radical (unpaired) electrons. The van der Waals surface area contributed by atoms with Crippen LogP contribution in [0.25, 0.3) is 0 Å². The molecule has 0 aromatic carbocycles. The van der Waals surface area contributed by atoms with Crippen molar-refractivity contribution in [2.24, 2.45) is 11.3 Å². The molecule has 0 fully saturated rings. The highest BCUT2D eigenvalue weighted by atomic mass is 16.5. The summed E-state index contributed by atoms with van der Waals surface area (Å²) in [7, 11) is 0. The van der Waals surface area contributed by atoms with Crippen molar-refractivity contribution >= 4 is 11.9 Å². The Morgan fingerprint density at radius 2 is 1.73 bits per heavy atom. The van der Waals surface area contributed by atoms with Crippen molar-refractivity contribution < 1.29 is 19.1 Å². The topological polar surface area (TPSA) is 88.7 Å². The van der Waals surface area contributed by atoms with E-state index in [1.165, 1.54) is 0 Å². The van der Waals surface area contributed by atoms with Gasteiger partial charge >= 0.3 is 5.97 Å². The van der Waals surface area contributed by atoms with Crippen LogP contribution >= 0.6 is 0 Å². The first-order valence-corrected chi connectivity index (χ1v) is 9.35. The standard InChI is InChI=1S/C19H37N3O4/c1-7-8-19(6,16(4)5)18(24)22-10-9-20-13-25-14-21-11-12-26-17(23)15(2)3/h16,20-21H,2,7-14H2,1,3-6H3,(H,22,24). The van der Waals surface area contributed by atoms with Gasteiger partial charge in [-0.05, 0) is 19.3 Å². The van der Waals surface area contributed by atoms with E-state index in [2.05, 4.69) is 43.3 Å². The van der Waals surface area contributed by atoms with Gasteiger partial charge in [-0.15, -0.1) is 0 Å². The van der Waals surface area contributed by atoms with Crippen LogP contribution in [0.1, 0.15) is 47.5 Å². The fourth-order valence-corrected chi connectivity index (χ4v) is 2.33. The molecule has 0 spiro atoms. The third-order valence-electron chi connectivity index (χ3n) is 4.42. The van der Waals surface area contributed by atoms with Crippen LogP contribution in [0.3, 0.4) is 0 Å². The molecule has 1 atom stereocenters. The van der Waals surface area contributed by atoms with Crippen LogP contribution in [0.2, 0.25) is 0 Å².